The van der Waals surface area contributed by atoms with Crippen LogP contribution in [0.2, 0.25) is 0 Å². The van der Waals surface area contributed by atoms with Crippen LogP contribution in [0.15, 0.2) is 0 Å². The van der Waals surface area contributed by atoms with E-state index in [1.807, 2.05) is 0 Å². The molecule has 1 heterocycles. The Morgan fingerprint density at radius 2 is 2.56 bits per heavy atom. The molecule has 1 rings (SSSR count). The lowest BCUT2D eigenvalue weighted by molar-refractivity contribution is 0.302. The third kappa shape index (κ3) is 1.64. The third-order valence-electron chi connectivity index (χ3n) is 2.02. The van der Waals surface area contributed by atoms with Gasteiger partial charge in [-0.25, -0.2) is 0 Å². The van der Waals surface area contributed by atoms with Crippen LogP contribution in [0.25, 0.3) is 0 Å². The number of rotatable bonds is 2. The lowest BCUT2D eigenvalue weighted by Crippen LogP contribution is -2.38. The first kappa shape index (κ1) is 6.99. The zero-order valence-electron chi connectivity index (χ0n) is 5.93. The number of hydrogen-bond donors (Lipinski definition) is 2. The molecular weight excluding hydrogens is 114 g/mol. The summed E-state index contributed by atoms with van der Waals surface area (Å²) in [5.41, 5.74) is 2.70. The summed E-state index contributed by atoms with van der Waals surface area (Å²) in [7, 11) is 2.15. The predicted octanol–water partition coefficient (Wildman–Crippen LogP) is -0.456. The molecule has 3 nitrogen and oxygen atoms in total. The molecule has 3 heteroatoms. The molecule has 0 saturated carbocycles. The van der Waals surface area contributed by atoms with Gasteiger partial charge in [0.05, 0.1) is 0 Å². The molecule has 0 radical (unpaired) electrons. The molecule has 0 amide bonds. The molecule has 0 aromatic heterocycles. The Hall–Kier alpha value is -0.120. The van der Waals surface area contributed by atoms with Crippen LogP contribution in [0.4, 0.5) is 0 Å². The highest BCUT2D eigenvalue weighted by molar-refractivity contribution is 4.76. The first-order valence-electron chi connectivity index (χ1n) is 3.48. The third-order valence-corrected chi connectivity index (χ3v) is 2.02. The van der Waals surface area contributed by atoms with Crippen LogP contribution >= 0.6 is 0 Å². The van der Waals surface area contributed by atoms with Crippen LogP contribution < -0.4 is 11.3 Å². The Morgan fingerprint density at radius 1 is 1.78 bits per heavy atom. The van der Waals surface area contributed by atoms with Crippen LogP contribution in [0, 0.1) is 0 Å². The van der Waals surface area contributed by atoms with Gasteiger partial charge in [0, 0.05) is 12.6 Å². The van der Waals surface area contributed by atoms with E-state index in [0.29, 0.717) is 6.04 Å². The Balaban J connectivity index is 2.22. The fourth-order valence-electron chi connectivity index (χ4n) is 1.37. The quantitative estimate of drug-likeness (QED) is 0.392. The van der Waals surface area contributed by atoms with Crippen molar-refractivity contribution in [2.24, 2.45) is 5.84 Å². The van der Waals surface area contributed by atoms with Crippen molar-refractivity contribution in [3.63, 3.8) is 0 Å². The van der Waals surface area contributed by atoms with Crippen LogP contribution in [0.3, 0.4) is 0 Å². The molecule has 1 aliphatic heterocycles. The highest BCUT2D eigenvalue weighted by Gasteiger charge is 2.19. The largest absolute Gasteiger partial charge is 0.302 e. The van der Waals surface area contributed by atoms with E-state index in [0.717, 1.165) is 6.54 Å². The van der Waals surface area contributed by atoms with Crippen molar-refractivity contribution in [3.05, 3.63) is 0 Å². The van der Waals surface area contributed by atoms with E-state index in [-0.39, 0.29) is 0 Å². The van der Waals surface area contributed by atoms with Gasteiger partial charge >= 0.3 is 0 Å². The average Bonchev–Trinajstić information content (AvgIpc) is 2.18. The van der Waals surface area contributed by atoms with E-state index in [9.17, 15) is 0 Å². The van der Waals surface area contributed by atoms with E-state index >= 15 is 0 Å². The fraction of sp³-hybridized carbons (Fsp3) is 1.00. The summed E-state index contributed by atoms with van der Waals surface area (Å²) >= 11 is 0. The molecule has 0 aliphatic carbocycles. The zero-order valence-corrected chi connectivity index (χ0v) is 5.93. The molecule has 3 N–H and O–H groups in total. The molecule has 0 aromatic rings. The monoisotopic (exact) mass is 129 g/mol. The van der Waals surface area contributed by atoms with Gasteiger partial charge in [-0.2, -0.15) is 0 Å². The molecule has 1 saturated heterocycles. The molecule has 1 atom stereocenters. The Labute approximate surface area is 56.2 Å². The standard InChI is InChI=1S/C6H15N3/c1-9-4-2-3-6(9)5-8-7/h6,8H,2-5,7H2,1H3. The van der Waals surface area contributed by atoms with Crippen LogP contribution in [-0.2, 0) is 0 Å². The molecule has 0 aromatic carbocycles. The summed E-state index contributed by atoms with van der Waals surface area (Å²) in [6, 6.07) is 0.676. The summed E-state index contributed by atoms with van der Waals surface area (Å²) in [5.74, 6) is 5.19. The number of nitrogens with one attached hydrogen (secondary N) is 1. The van der Waals surface area contributed by atoms with Gasteiger partial charge in [0.15, 0.2) is 0 Å². The second kappa shape index (κ2) is 3.15. The van der Waals surface area contributed by atoms with Gasteiger partial charge in [-0.1, -0.05) is 0 Å². The van der Waals surface area contributed by atoms with Crippen molar-refractivity contribution in [1.29, 1.82) is 0 Å². The van der Waals surface area contributed by atoms with E-state index in [1.54, 1.807) is 0 Å². The van der Waals surface area contributed by atoms with Gasteiger partial charge < -0.3 is 4.90 Å². The van der Waals surface area contributed by atoms with E-state index < -0.39 is 0 Å². The zero-order chi connectivity index (χ0) is 6.69. The average molecular weight is 129 g/mol. The highest BCUT2D eigenvalue weighted by atomic mass is 15.3. The van der Waals surface area contributed by atoms with Crippen molar-refractivity contribution in [1.82, 2.24) is 10.3 Å². The number of nitrogens with two attached hydrogens (primary N) is 1. The number of likely N-dealkylation sites (tertiary alicyclic amines) is 1. The molecule has 1 unspecified atom stereocenters. The minimum Gasteiger partial charge on any atom is -0.302 e. The van der Waals surface area contributed by atoms with Gasteiger partial charge in [-0.05, 0) is 26.4 Å². The molecule has 1 fully saturated rings. The normalized spacial score (nSPS) is 29.3. The first-order valence-corrected chi connectivity index (χ1v) is 3.48. The van der Waals surface area contributed by atoms with Crippen LogP contribution in [0.5, 0.6) is 0 Å². The fourth-order valence-corrected chi connectivity index (χ4v) is 1.37. The van der Waals surface area contributed by atoms with Crippen LogP contribution in [-0.4, -0.2) is 31.1 Å². The van der Waals surface area contributed by atoms with Crippen molar-refractivity contribution >= 4 is 0 Å². The highest BCUT2D eigenvalue weighted by Crippen LogP contribution is 2.12. The van der Waals surface area contributed by atoms with E-state index in [4.69, 9.17) is 5.84 Å². The maximum atomic E-state index is 5.19. The number of likely N-dealkylation sites (N-methyl/N-ethyl adjacent to an activating group) is 1. The van der Waals surface area contributed by atoms with Gasteiger partial charge in [0.1, 0.15) is 0 Å². The van der Waals surface area contributed by atoms with Gasteiger partial charge in [-0.3, -0.25) is 11.3 Å². The molecule has 0 spiro atoms. The summed E-state index contributed by atoms with van der Waals surface area (Å²) in [5, 5.41) is 0. The summed E-state index contributed by atoms with van der Waals surface area (Å²) in [4.78, 5) is 2.35. The van der Waals surface area contributed by atoms with Gasteiger partial charge in [0.2, 0.25) is 0 Å². The smallest absolute Gasteiger partial charge is 0.0254 e. The lowest BCUT2D eigenvalue weighted by Gasteiger charge is -2.17. The maximum Gasteiger partial charge on any atom is 0.0254 e. The van der Waals surface area contributed by atoms with E-state index in [1.165, 1.54) is 19.4 Å². The van der Waals surface area contributed by atoms with Crippen molar-refractivity contribution in [2.45, 2.75) is 18.9 Å². The summed E-state index contributed by atoms with van der Waals surface area (Å²) < 4.78 is 0. The molecule has 1 aliphatic rings. The Kier molecular flexibility index (Phi) is 2.45. The lowest BCUT2D eigenvalue weighted by atomic mass is 10.2. The SMILES string of the molecule is CN1CCCC1CNN. The van der Waals surface area contributed by atoms with Gasteiger partial charge in [0.25, 0.3) is 0 Å². The maximum absolute atomic E-state index is 5.19. The first-order chi connectivity index (χ1) is 4.34. The number of hydrazine groups is 1. The number of hydrogen-bond acceptors (Lipinski definition) is 3. The Morgan fingerprint density at radius 3 is 3.00 bits per heavy atom. The summed E-state index contributed by atoms with van der Waals surface area (Å²) in [6.07, 6.45) is 2.61. The van der Waals surface area contributed by atoms with E-state index in [2.05, 4.69) is 17.4 Å². The minimum atomic E-state index is 0.676. The topological polar surface area (TPSA) is 41.3 Å². The van der Waals surface area contributed by atoms with Crippen molar-refractivity contribution < 1.29 is 0 Å². The molecule has 0 bridgehead atoms. The Bertz CT molecular complexity index is 84.4. The van der Waals surface area contributed by atoms with Gasteiger partial charge in [-0.15, -0.1) is 0 Å². The second-order valence-electron chi connectivity index (χ2n) is 2.68. The summed E-state index contributed by atoms with van der Waals surface area (Å²) in [6.45, 7) is 2.16. The number of nitrogens with zero attached hydrogens (tertiary/aromatic N) is 1. The van der Waals surface area contributed by atoms with Crippen molar-refractivity contribution in [3.8, 4) is 0 Å². The van der Waals surface area contributed by atoms with Crippen molar-refractivity contribution in [2.75, 3.05) is 20.1 Å². The van der Waals surface area contributed by atoms with Crippen LogP contribution in [0.1, 0.15) is 12.8 Å². The molecule has 9 heavy (non-hydrogen) atoms. The molecule has 54 valence electrons. The minimum absolute atomic E-state index is 0.676. The predicted molar refractivity (Wildman–Crippen MR) is 37.8 cm³/mol. The molecular formula is C6H15N3. The second-order valence-corrected chi connectivity index (χ2v) is 2.68.